The summed E-state index contributed by atoms with van der Waals surface area (Å²) >= 11 is 5.62. The van der Waals surface area contributed by atoms with Crippen LogP contribution in [-0.2, 0) is 11.2 Å². The first-order valence-electron chi connectivity index (χ1n) is 6.92. The number of amides is 1. The van der Waals surface area contributed by atoms with Crippen LogP contribution in [0.4, 0.5) is 4.39 Å². The minimum atomic E-state index is -1.12. The Balaban J connectivity index is 2.22. The number of aromatic amines is 1. The highest BCUT2D eigenvalue weighted by Crippen LogP contribution is 2.23. The van der Waals surface area contributed by atoms with Crippen LogP contribution in [0.3, 0.4) is 0 Å². The molecule has 122 valence electrons. The third kappa shape index (κ3) is 4.29. The van der Waals surface area contributed by atoms with E-state index in [1.54, 1.807) is 6.07 Å². The fraction of sp³-hybridized carbons (Fsp3) is 0.267. The zero-order chi connectivity index (χ0) is 17.0. The van der Waals surface area contributed by atoms with Crippen molar-refractivity contribution in [2.45, 2.75) is 25.8 Å². The fourth-order valence-corrected chi connectivity index (χ4v) is 2.16. The topological polar surface area (TPSA) is 95.1 Å². The van der Waals surface area contributed by atoms with Gasteiger partial charge in [0.15, 0.2) is 0 Å². The second-order valence-electron chi connectivity index (χ2n) is 4.93. The summed E-state index contributed by atoms with van der Waals surface area (Å²) in [5.74, 6) is -2.34. The lowest BCUT2D eigenvalue weighted by Gasteiger charge is -2.17. The van der Waals surface area contributed by atoms with Crippen molar-refractivity contribution in [1.82, 2.24) is 15.5 Å². The van der Waals surface area contributed by atoms with Crippen molar-refractivity contribution >= 4 is 23.5 Å². The molecular formula is C15H15ClFN3O3. The van der Waals surface area contributed by atoms with E-state index in [4.69, 9.17) is 16.7 Å². The van der Waals surface area contributed by atoms with Crippen LogP contribution in [0.2, 0.25) is 5.02 Å². The predicted octanol–water partition coefficient (Wildman–Crippen LogP) is 2.71. The molecule has 0 saturated carbocycles. The number of carbonyl (C=O) groups is 2. The van der Waals surface area contributed by atoms with Crippen LogP contribution in [0.25, 0.3) is 0 Å². The van der Waals surface area contributed by atoms with Crippen LogP contribution in [0.5, 0.6) is 0 Å². The summed E-state index contributed by atoms with van der Waals surface area (Å²) in [4.78, 5) is 23.2. The standard InChI is InChI=1S/C15H15ClFN3O3/c1-2-9-6-13(20-19-9)15(23)18-12(7-14(21)22)8-3-4-10(16)11(17)5-8/h3-6,12H,2,7H2,1H3,(H,18,23)(H,19,20)(H,21,22). The average molecular weight is 340 g/mol. The van der Waals surface area contributed by atoms with E-state index in [1.165, 1.54) is 12.1 Å². The smallest absolute Gasteiger partial charge is 0.305 e. The summed E-state index contributed by atoms with van der Waals surface area (Å²) in [6.07, 6.45) is 0.291. The molecule has 0 aliphatic carbocycles. The van der Waals surface area contributed by atoms with Gasteiger partial charge in [-0.05, 0) is 30.2 Å². The molecule has 0 aliphatic rings. The summed E-state index contributed by atoms with van der Waals surface area (Å²) in [6, 6.07) is 4.58. The Morgan fingerprint density at radius 3 is 2.74 bits per heavy atom. The lowest BCUT2D eigenvalue weighted by molar-refractivity contribution is -0.137. The number of carboxylic acids is 1. The van der Waals surface area contributed by atoms with Crippen molar-refractivity contribution in [3.63, 3.8) is 0 Å². The molecule has 8 heteroatoms. The third-order valence-corrected chi connectivity index (χ3v) is 3.58. The highest BCUT2D eigenvalue weighted by Gasteiger charge is 2.21. The fourth-order valence-electron chi connectivity index (χ4n) is 2.05. The van der Waals surface area contributed by atoms with Gasteiger partial charge in [0.2, 0.25) is 0 Å². The highest BCUT2D eigenvalue weighted by molar-refractivity contribution is 6.30. The van der Waals surface area contributed by atoms with E-state index in [0.29, 0.717) is 12.0 Å². The number of rotatable bonds is 6. The van der Waals surface area contributed by atoms with Gasteiger partial charge < -0.3 is 10.4 Å². The van der Waals surface area contributed by atoms with Crippen LogP contribution >= 0.6 is 11.6 Å². The first-order chi connectivity index (χ1) is 10.9. The Morgan fingerprint density at radius 2 is 2.17 bits per heavy atom. The van der Waals surface area contributed by atoms with Crippen LogP contribution in [-0.4, -0.2) is 27.2 Å². The van der Waals surface area contributed by atoms with Gasteiger partial charge in [0.1, 0.15) is 11.5 Å². The molecule has 0 spiro atoms. The number of benzene rings is 1. The van der Waals surface area contributed by atoms with Crippen LogP contribution in [0, 0.1) is 5.82 Å². The predicted molar refractivity (Wildman–Crippen MR) is 81.8 cm³/mol. The van der Waals surface area contributed by atoms with E-state index < -0.39 is 30.2 Å². The Labute approximate surface area is 136 Å². The van der Waals surface area contributed by atoms with E-state index in [2.05, 4.69) is 15.5 Å². The number of nitrogens with one attached hydrogen (secondary N) is 2. The van der Waals surface area contributed by atoms with Gasteiger partial charge in [-0.15, -0.1) is 0 Å². The molecule has 6 nitrogen and oxygen atoms in total. The molecule has 0 bridgehead atoms. The molecule has 0 aliphatic heterocycles. The van der Waals surface area contributed by atoms with Crippen LogP contribution in [0.15, 0.2) is 24.3 Å². The van der Waals surface area contributed by atoms with Gasteiger partial charge in [-0.1, -0.05) is 24.6 Å². The number of aryl methyl sites for hydroxylation is 1. The van der Waals surface area contributed by atoms with Crippen molar-refractivity contribution in [2.24, 2.45) is 0 Å². The number of halogens is 2. The molecule has 1 unspecified atom stereocenters. The second kappa shape index (κ2) is 7.23. The van der Waals surface area contributed by atoms with Gasteiger partial charge in [0.05, 0.1) is 17.5 Å². The Kier molecular flexibility index (Phi) is 5.33. The lowest BCUT2D eigenvalue weighted by atomic mass is 10.0. The molecular weight excluding hydrogens is 325 g/mol. The number of hydrogen-bond acceptors (Lipinski definition) is 3. The van der Waals surface area contributed by atoms with Gasteiger partial charge in [0, 0.05) is 5.69 Å². The molecule has 1 aromatic carbocycles. The molecule has 2 aromatic rings. The Bertz CT molecular complexity index is 733. The highest BCUT2D eigenvalue weighted by atomic mass is 35.5. The summed E-state index contributed by atoms with van der Waals surface area (Å²) in [5, 5.41) is 18.0. The van der Waals surface area contributed by atoms with E-state index in [9.17, 15) is 14.0 Å². The van der Waals surface area contributed by atoms with Crippen molar-refractivity contribution < 1.29 is 19.1 Å². The number of aliphatic carboxylic acids is 1. The van der Waals surface area contributed by atoms with E-state index in [1.807, 2.05) is 6.92 Å². The Hall–Kier alpha value is -2.41. The van der Waals surface area contributed by atoms with Crippen LogP contribution in [0.1, 0.15) is 41.1 Å². The average Bonchev–Trinajstić information content (AvgIpc) is 2.98. The number of aromatic nitrogens is 2. The molecule has 0 saturated heterocycles. The zero-order valence-electron chi connectivity index (χ0n) is 12.3. The van der Waals surface area contributed by atoms with Gasteiger partial charge in [0.25, 0.3) is 5.91 Å². The van der Waals surface area contributed by atoms with Crippen molar-refractivity contribution in [2.75, 3.05) is 0 Å². The van der Waals surface area contributed by atoms with Gasteiger partial charge in [-0.3, -0.25) is 14.7 Å². The SMILES string of the molecule is CCc1cc(C(=O)NC(CC(=O)O)c2ccc(Cl)c(F)c2)n[nH]1. The van der Waals surface area contributed by atoms with E-state index >= 15 is 0 Å². The molecule has 0 fully saturated rings. The largest absolute Gasteiger partial charge is 0.481 e. The molecule has 1 heterocycles. The van der Waals surface area contributed by atoms with Crippen molar-refractivity contribution in [3.8, 4) is 0 Å². The number of nitrogens with zero attached hydrogens (tertiary/aromatic N) is 1. The molecule has 23 heavy (non-hydrogen) atoms. The minimum absolute atomic E-state index is 0.0750. The number of H-pyrrole nitrogens is 1. The monoisotopic (exact) mass is 339 g/mol. The third-order valence-electron chi connectivity index (χ3n) is 3.27. The second-order valence-corrected chi connectivity index (χ2v) is 5.34. The molecule has 1 atom stereocenters. The maximum absolute atomic E-state index is 13.6. The number of carboxylic acid groups (broad SMARTS) is 1. The maximum atomic E-state index is 13.6. The van der Waals surface area contributed by atoms with Crippen molar-refractivity contribution in [3.05, 3.63) is 52.1 Å². The zero-order valence-corrected chi connectivity index (χ0v) is 13.0. The van der Waals surface area contributed by atoms with Gasteiger partial charge in [-0.25, -0.2) is 4.39 Å². The van der Waals surface area contributed by atoms with Gasteiger partial charge in [-0.2, -0.15) is 5.10 Å². The van der Waals surface area contributed by atoms with Crippen molar-refractivity contribution in [1.29, 1.82) is 0 Å². The normalized spacial score (nSPS) is 12.0. The summed E-state index contributed by atoms with van der Waals surface area (Å²) in [7, 11) is 0. The first-order valence-corrected chi connectivity index (χ1v) is 7.30. The molecule has 3 N–H and O–H groups in total. The van der Waals surface area contributed by atoms with Crippen LogP contribution < -0.4 is 5.32 Å². The molecule has 2 rings (SSSR count). The summed E-state index contributed by atoms with van der Waals surface area (Å²) in [5.41, 5.74) is 1.24. The van der Waals surface area contributed by atoms with E-state index in [0.717, 1.165) is 11.8 Å². The minimum Gasteiger partial charge on any atom is -0.481 e. The summed E-state index contributed by atoms with van der Waals surface area (Å²) < 4.78 is 13.6. The lowest BCUT2D eigenvalue weighted by Crippen LogP contribution is -2.30. The Morgan fingerprint density at radius 1 is 1.43 bits per heavy atom. The quantitative estimate of drug-likeness (QED) is 0.754. The molecule has 1 aromatic heterocycles. The number of carbonyl (C=O) groups excluding carboxylic acids is 1. The van der Waals surface area contributed by atoms with E-state index in [-0.39, 0.29) is 10.7 Å². The maximum Gasteiger partial charge on any atom is 0.305 e. The summed E-state index contributed by atoms with van der Waals surface area (Å²) in [6.45, 7) is 1.90. The molecule has 0 radical (unpaired) electrons. The molecule has 1 amide bonds. The first kappa shape index (κ1) is 17.0. The number of hydrogen-bond donors (Lipinski definition) is 3. The van der Waals surface area contributed by atoms with Gasteiger partial charge >= 0.3 is 5.97 Å².